The van der Waals surface area contributed by atoms with Crippen LogP contribution in [-0.2, 0) is 0 Å². The zero-order valence-corrected chi connectivity index (χ0v) is 15.7. The standard InChI is InChI=1S/C21H19F2N3O3/c1-13-10-16(2-3-17(13)20(28)29)26-7-4-14-11-15(12-24-18(14)26)19(27)25-8-5-21(22,23)6-9-25/h2-4,7,10-12H,5-6,8-9H2,1H3,(H,28,29). The summed E-state index contributed by atoms with van der Waals surface area (Å²) in [6.45, 7) is 1.78. The van der Waals surface area contributed by atoms with Gasteiger partial charge in [0.25, 0.3) is 11.8 Å². The summed E-state index contributed by atoms with van der Waals surface area (Å²) in [7, 11) is 0. The predicted molar refractivity (Wildman–Crippen MR) is 103 cm³/mol. The second-order valence-corrected chi connectivity index (χ2v) is 7.28. The van der Waals surface area contributed by atoms with Crippen LogP contribution in [0.3, 0.4) is 0 Å². The summed E-state index contributed by atoms with van der Waals surface area (Å²) >= 11 is 0. The van der Waals surface area contributed by atoms with Crippen LogP contribution in [0.1, 0.15) is 39.1 Å². The molecule has 1 aromatic carbocycles. The van der Waals surface area contributed by atoms with Crippen molar-refractivity contribution in [3.8, 4) is 5.69 Å². The Morgan fingerprint density at radius 2 is 1.86 bits per heavy atom. The monoisotopic (exact) mass is 399 g/mol. The lowest BCUT2D eigenvalue weighted by atomic mass is 10.1. The maximum Gasteiger partial charge on any atom is 0.335 e. The van der Waals surface area contributed by atoms with Crippen LogP contribution in [0.4, 0.5) is 8.78 Å². The summed E-state index contributed by atoms with van der Waals surface area (Å²) in [5.41, 5.74) is 2.60. The SMILES string of the molecule is Cc1cc(-n2ccc3cc(C(=O)N4CCC(F)(F)CC4)cnc32)ccc1C(=O)O. The molecule has 6 nitrogen and oxygen atoms in total. The number of aryl methyl sites for hydroxylation is 1. The number of fused-ring (bicyclic) bond motifs is 1. The fraction of sp³-hybridized carbons (Fsp3) is 0.286. The number of pyridine rings is 1. The Hall–Kier alpha value is -3.29. The third-order valence-corrected chi connectivity index (χ3v) is 5.27. The van der Waals surface area contributed by atoms with Gasteiger partial charge in [0.15, 0.2) is 0 Å². The number of carboxylic acids is 1. The molecule has 1 aliphatic rings. The molecule has 1 saturated heterocycles. The van der Waals surface area contributed by atoms with E-state index in [4.69, 9.17) is 0 Å². The van der Waals surface area contributed by atoms with E-state index in [1.54, 1.807) is 37.4 Å². The highest BCUT2D eigenvalue weighted by molar-refractivity contribution is 5.97. The number of alkyl halides is 2. The van der Waals surface area contributed by atoms with Crippen molar-refractivity contribution in [2.45, 2.75) is 25.7 Å². The fourth-order valence-electron chi connectivity index (χ4n) is 3.61. The first-order chi connectivity index (χ1) is 13.7. The zero-order valence-electron chi connectivity index (χ0n) is 15.7. The first kappa shape index (κ1) is 19.0. The van der Waals surface area contributed by atoms with Crippen molar-refractivity contribution in [2.24, 2.45) is 0 Å². The van der Waals surface area contributed by atoms with Crippen LogP contribution in [0, 0.1) is 6.92 Å². The molecule has 1 aliphatic heterocycles. The lowest BCUT2D eigenvalue weighted by Gasteiger charge is -2.31. The van der Waals surface area contributed by atoms with Crippen LogP contribution >= 0.6 is 0 Å². The molecule has 4 rings (SSSR count). The highest BCUT2D eigenvalue weighted by Gasteiger charge is 2.35. The number of carbonyl (C=O) groups excluding carboxylic acids is 1. The van der Waals surface area contributed by atoms with Crippen LogP contribution in [-0.4, -0.2) is 50.4 Å². The molecular formula is C21H19F2N3O3. The normalized spacial score (nSPS) is 16.2. The Morgan fingerprint density at radius 1 is 1.14 bits per heavy atom. The summed E-state index contributed by atoms with van der Waals surface area (Å²) in [6.07, 6.45) is 2.60. The van der Waals surface area contributed by atoms with Crippen LogP contribution in [0.15, 0.2) is 42.7 Å². The van der Waals surface area contributed by atoms with Crippen LogP contribution in [0.5, 0.6) is 0 Å². The second-order valence-electron chi connectivity index (χ2n) is 7.28. The zero-order chi connectivity index (χ0) is 20.8. The second kappa shape index (κ2) is 6.95. The van der Waals surface area contributed by atoms with E-state index >= 15 is 0 Å². The number of carboxylic acid groups (broad SMARTS) is 1. The number of rotatable bonds is 3. The van der Waals surface area contributed by atoms with Crippen LogP contribution in [0.25, 0.3) is 16.7 Å². The Morgan fingerprint density at radius 3 is 2.52 bits per heavy atom. The average molecular weight is 399 g/mol. The quantitative estimate of drug-likeness (QED) is 0.725. The van der Waals surface area contributed by atoms with Gasteiger partial charge in [0.05, 0.1) is 11.1 Å². The largest absolute Gasteiger partial charge is 0.478 e. The molecule has 0 radical (unpaired) electrons. The minimum absolute atomic E-state index is 0.0279. The molecule has 0 bridgehead atoms. The van der Waals surface area contributed by atoms with Gasteiger partial charge in [-0.1, -0.05) is 0 Å². The number of hydrogen-bond acceptors (Lipinski definition) is 3. The van der Waals surface area contributed by atoms with E-state index in [1.807, 2.05) is 10.6 Å². The molecule has 0 spiro atoms. The molecule has 150 valence electrons. The number of amides is 1. The maximum absolute atomic E-state index is 13.3. The molecule has 3 heterocycles. The molecular weight excluding hydrogens is 380 g/mol. The molecule has 29 heavy (non-hydrogen) atoms. The topological polar surface area (TPSA) is 75.4 Å². The van der Waals surface area contributed by atoms with E-state index in [0.29, 0.717) is 16.8 Å². The van der Waals surface area contributed by atoms with Gasteiger partial charge >= 0.3 is 5.97 Å². The number of hydrogen-bond donors (Lipinski definition) is 1. The number of carbonyl (C=O) groups is 2. The van der Waals surface area contributed by atoms with Crippen LogP contribution < -0.4 is 0 Å². The maximum atomic E-state index is 13.3. The first-order valence-corrected chi connectivity index (χ1v) is 9.24. The minimum atomic E-state index is -2.70. The lowest BCUT2D eigenvalue weighted by Crippen LogP contribution is -2.42. The summed E-state index contributed by atoms with van der Waals surface area (Å²) < 4.78 is 28.5. The van der Waals surface area contributed by atoms with Crippen LogP contribution in [0.2, 0.25) is 0 Å². The Balaban J connectivity index is 1.62. The summed E-state index contributed by atoms with van der Waals surface area (Å²) in [6, 6.07) is 8.52. The number of nitrogens with zero attached hydrogens (tertiary/aromatic N) is 3. The first-order valence-electron chi connectivity index (χ1n) is 9.24. The highest BCUT2D eigenvalue weighted by atomic mass is 19.3. The smallest absolute Gasteiger partial charge is 0.335 e. The summed E-state index contributed by atoms with van der Waals surface area (Å²) in [5.74, 6) is -3.99. The van der Waals surface area contributed by atoms with Gasteiger partial charge in [0.1, 0.15) is 5.65 Å². The molecule has 0 unspecified atom stereocenters. The van der Waals surface area contributed by atoms with E-state index in [9.17, 15) is 23.5 Å². The van der Waals surface area contributed by atoms with E-state index in [1.165, 1.54) is 11.1 Å². The Labute approximate surface area is 165 Å². The van der Waals surface area contributed by atoms with E-state index in [0.717, 1.165) is 11.1 Å². The molecule has 1 N–H and O–H groups in total. The van der Waals surface area contributed by atoms with Gasteiger partial charge in [0, 0.05) is 49.4 Å². The van der Waals surface area contributed by atoms with Gasteiger partial charge in [-0.3, -0.25) is 4.79 Å². The van der Waals surface area contributed by atoms with Crippen molar-refractivity contribution in [1.29, 1.82) is 0 Å². The van der Waals surface area contributed by atoms with Gasteiger partial charge < -0.3 is 14.6 Å². The van der Waals surface area contributed by atoms with Crippen molar-refractivity contribution in [2.75, 3.05) is 13.1 Å². The average Bonchev–Trinajstić information content (AvgIpc) is 3.10. The van der Waals surface area contributed by atoms with E-state index in [2.05, 4.69) is 4.98 Å². The summed E-state index contributed by atoms with van der Waals surface area (Å²) in [4.78, 5) is 29.7. The number of piperidine rings is 1. The Kier molecular flexibility index (Phi) is 4.56. The lowest BCUT2D eigenvalue weighted by molar-refractivity contribution is -0.0494. The van der Waals surface area contributed by atoms with Gasteiger partial charge in [-0.15, -0.1) is 0 Å². The molecule has 0 aliphatic carbocycles. The van der Waals surface area contributed by atoms with Crippen molar-refractivity contribution < 1.29 is 23.5 Å². The fourth-order valence-corrected chi connectivity index (χ4v) is 3.61. The van der Waals surface area contributed by atoms with Gasteiger partial charge in [-0.25, -0.2) is 18.6 Å². The molecule has 1 amide bonds. The number of halogens is 2. The molecule has 2 aromatic heterocycles. The number of benzene rings is 1. The summed E-state index contributed by atoms with van der Waals surface area (Å²) in [5, 5.41) is 9.92. The van der Waals surface area contributed by atoms with Gasteiger partial charge in [-0.05, 0) is 42.8 Å². The van der Waals surface area contributed by atoms with E-state index in [-0.39, 0.29) is 37.4 Å². The molecule has 8 heteroatoms. The van der Waals surface area contributed by atoms with Gasteiger partial charge in [-0.2, -0.15) is 0 Å². The van der Waals surface area contributed by atoms with E-state index < -0.39 is 11.9 Å². The van der Waals surface area contributed by atoms with Crippen molar-refractivity contribution in [3.05, 3.63) is 59.4 Å². The minimum Gasteiger partial charge on any atom is -0.478 e. The molecule has 1 fully saturated rings. The Bertz CT molecular complexity index is 1110. The van der Waals surface area contributed by atoms with Crippen molar-refractivity contribution in [1.82, 2.24) is 14.5 Å². The number of aromatic carboxylic acids is 1. The highest BCUT2D eigenvalue weighted by Crippen LogP contribution is 2.29. The number of aromatic nitrogens is 2. The molecule has 3 aromatic rings. The van der Waals surface area contributed by atoms with Crippen molar-refractivity contribution >= 4 is 22.9 Å². The molecule has 0 atom stereocenters. The number of likely N-dealkylation sites (tertiary alicyclic amines) is 1. The predicted octanol–water partition coefficient (Wildman–Crippen LogP) is 3.90. The van der Waals surface area contributed by atoms with Gasteiger partial charge in [0.2, 0.25) is 0 Å². The third kappa shape index (κ3) is 3.57. The van der Waals surface area contributed by atoms with Crippen molar-refractivity contribution in [3.63, 3.8) is 0 Å². The molecule has 0 saturated carbocycles. The third-order valence-electron chi connectivity index (χ3n) is 5.27.